The third kappa shape index (κ3) is 4.01. The molecule has 0 saturated carbocycles. The van der Waals surface area contributed by atoms with Crippen LogP contribution in [0.4, 0.5) is 0 Å². The molecule has 0 aromatic heterocycles. The lowest BCUT2D eigenvalue weighted by Gasteiger charge is -2.41. The number of benzene rings is 1. The monoisotopic (exact) mass is 350 g/mol. The summed E-state index contributed by atoms with van der Waals surface area (Å²) in [4.78, 5) is 0. The Morgan fingerprint density at radius 1 is 0.696 bits per heavy atom. The van der Waals surface area contributed by atoms with Gasteiger partial charge in [0.05, 0.1) is 16.1 Å². The van der Waals surface area contributed by atoms with Crippen LogP contribution in [0.3, 0.4) is 0 Å². The van der Waals surface area contributed by atoms with Crippen molar-refractivity contribution in [2.75, 3.05) is 0 Å². The van der Waals surface area contributed by atoms with Gasteiger partial charge in [0.25, 0.3) is 0 Å². The zero-order chi connectivity index (χ0) is 18.4. The fourth-order valence-electron chi connectivity index (χ4n) is 2.39. The highest BCUT2D eigenvalue weighted by Gasteiger charge is 2.41. The minimum atomic E-state index is -1.73. The van der Waals surface area contributed by atoms with Crippen molar-refractivity contribution >= 4 is 39.1 Å². The Hall–Kier alpha value is -0.361. The minimum Gasteiger partial charge on any atom is -0.423 e. The van der Waals surface area contributed by atoms with Gasteiger partial charge in [0.2, 0.25) is 0 Å². The standard InChI is InChI=1S/C18H35BO2Si2/c1-17(2,3)22(7,8)15-11-14(19(20)21)12-16(13-15)23(9,10)18(4,5)6/h11-13,20-21H,1-10H3. The number of hydrogen-bond donors (Lipinski definition) is 2. The fraction of sp³-hybridized carbons (Fsp3) is 0.667. The average Bonchev–Trinajstić information content (AvgIpc) is 2.35. The van der Waals surface area contributed by atoms with Gasteiger partial charge in [0.15, 0.2) is 0 Å². The predicted octanol–water partition coefficient (Wildman–Crippen LogP) is 2.80. The lowest BCUT2D eigenvalue weighted by Crippen LogP contribution is -2.57. The maximum Gasteiger partial charge on any atom is 0.488 e. The molecule has 130 valence electrons. The summed E-state index contributed by atoms with van der Waals surface area (Å²) in [5.74, 6) is 0. The number of rotatable bonds is 3. The van der Waals surface area contributed by atoms with E-state index in [0.29, 0.717) is 5.46 Å². The molecule has 0 aliphatic rings. The molecule has 2 N–H and O–H groups in total. The van der Waals surface area contributed by atoms with Gasteiger partial charge in [0.1, 0.15) is 0 Å². The van der Waals surface area contributed by atoms with Crippen molar-refractivity contribution < 1.29 is 10.0 Å². The van der Waals surface area contributed by atoms with Gasteiger partial charge in [-0.2, -0.15) is 0 Å². The summed E-state index contributed by atoms with van der Waals surface area (Å²) >= 11 is 0. The molecular formula is C18H35BO2Si2. The van der Waals surface area contributed by atoms with Crippen molar-refractivity contribution in [3.05, 3.63) is 18.2 Å². The highest BCUT2D eigenvalue weighted by atomic mass is 28.3. The van der Waals surface area contributed by atoms with Crippen LogP contribution in [-0.2, 0) is 0 Å². The lowest BCUT2D eigenvalue weighted by molar-refractivity contribution is 0.426. The average molecular weight is 350 g/mol. The normalized spacial score (nSPS) is 14.1. The molecule has 23 heavy (non-hydrogen) atoms. The quantitative estimate of drug-likeness (QED) is 0.823. The topological polar surface area (TPSA) is 40.5 Å². The van der Waals surface area contributed by atoms with Gasteiger partial charge in [-0.15, -0.1) is 0 Å². The zero-order valence-electron chi connectivity index (χ0n) is 16.7. The smallest absolute Gasteiger partial charge is 0.423 e. The Morgan fingerprint density at radius 2 is 1.00 bits per heavy atom. The van der Waals surface area contributed by atoms with Crippen LogP contribution in [0.5, 0.6) is 0 Å². The van der Waals surface area contributed by atoms with E-state index in [1.54, 1.807) is 0 Å². The second-order valence-corrected chi connectivity index (χ2v) is 20.6. The molecule has 0 bridgehead atoms. The molecule has 0 spiro atoms. The summed E-state index contributed by atoms with van der Waals surface area (Å²) in [5.41, 5.74) is 0.646. The molecule has 1 rings (SSSR count). The van der Waals surface area contributed by atoms with Crippen molar-refractivity contribution in [3.63, 3.8) is 0 Å². The third-order valence-electron chi connectivity index (χ3n) is 6.45. The Labute approximate surface area is 145 Å². The van der Waals surface area contributed by atoms with Crippen LogP contribution in [0.15, 0.2) is 18.2 Å². The van der Waals surface area contributed by atoms with E-state index in [2.05, 4.69) is 73.8 Å². The molecule has 0 saturated heterocycles. The molecule has 0 radical (unpaired) electrons. The van der Waals surface area contributed by atoms with E-state index < -0.39 is 23.3 Å². The third-order valence-corrected chi connectivity index (χ3v) is 17.4. The van der Waals surface area contributed by atoms with Crippen molar-refractivity contribution in [2.24, 2.45) is 0 Å². The molecule has 2 nitrogen and oxygen atoms in total. The maximum absolute atomic E-state index is 9.80. The Kier molecular flexibility index (Phi) is 5.55. The van der Waals surface area contributed by atoms with E-state index in [4.69, 9.17) is 0 Å². The molecule has 0 aliphatic heterocycles. The summed E-state index contributed by atoms with van der Waals surface area (Å²) in [7, 11) is -4.85. The highest BCUT2D eigenvalue weighted by Crippen LogP contribution is 2.37. The largest absolute Gasteiger partial charge is 0.488 e. The summed E-state index contributed by atoms with van der Waals surface area (Å²) in [6.45, 7) is 23.3. The lowest BCUT2D eigenvalue weighted by atomic mass is 9.80. The van der Waals surface area contributed by atoms with Crippen LogP contribution in [-0.4, -0.2) is 33.3 Å². The molecule has 0 amide bonds. The Bertz CT molecular complexity index is 523. The summed E-state index contributed by atoms with van der Waals surface area (Å²) in [6.07, 6.45) is 0. The van der Waals surface area contributed by atoms with Gasteiger partial charge in [-0.3, -0.25) is 0 Å². The molecule has 0 aliphatic carbocycles. The van der Waals surface area contributed by atoms with Gasteiger partial charge in [-0.05, 0) is 15.5 Å². The van der Waals surface area contributed by atoms with Crippen molar-refractivity contribution in [2.45, 2.75) is 77.8 Å². The first-order valence-corrected chi connectivity index (χ1v) is 14.5. The predicted molar refractivity (Wildman–Crippen MR) is 110 cm³/mol. The molecule has 5 heteroatoms. The summed E-state index contributed by atoms with van der Waals surface area (Å²) in [6, 6.07) is 6.43. The van der Waals surface area contributed by atoms with E-state index in [9.17, 15) is 10.0 Å². The molecule has 0 atom stereocenters. The summed E-state index contributed by atoms with van der Waals surface area (Å²) in [5, 5.41) is 22.7. The van der Waals surface area contributed by atoms with Crippen LogP contribution >= 0.6 is 0 Å². The van der Waals surface area contributed by atoms with Crippen LogP contribution in [0.2, 0.25) is 36.3 Å². The van der Waals surface area contributed by atoms with Crippen LogP contribution in [0, 0.1) is 0 Å². The van der Waals surface area contributed by atoms with E-state index in [-0.39, 0.29) is 10.1 Å². The van der Waals surface area contributed by atoms with Gasteiger partial charge < -0.3 is 10.0 Å². The number of hydrogen-bond acceptors (Lipinski definition) is 2. The highest BCUT2D eigenvalue weighted by molar-refractivity contribution is 6.95. The van der Waals surface area contributed by atoms with Gasteiger partial charge >= 0.3 is 7.12 Å². The van der Waals surface area contributed by atoms with Crippen LogP contribution < -0.4 is 15.8 Å². The minimum absolute atomic E-state index is 0.219. The summed E-state index contributed by atoms with van der Waals surface area (Å²) < 4.78 is 0. The SMILES string of the molecule is CC(C)(C)[Si](C)(C)c1cc(B(O)O)cc([Si](C)(C)C(C)(C)C)c1. The molecule has 0 heterocycles. The fourth-order valence-corrected chi connectivity index (χ4v) is 6.35. The van der Waals surface area contributed by atoms with Crippen LogP contribution in [0.25, 0.3) is 0 Å². The first-order chi connectivity index (χ1) is 10.0. The van der Waals surface area contributed by atoms with Crippen molar-refractivity contribution in [1.82, 2.24) is 0 Å². The second-order valence-electron chi connectivity index (χ2n) is 9.97. The van der Waals surface area contributed by atoms with E-state index in [1.165, 1.54) is 10.4 Å². The van der Waals surface area contributed by atoms with Gasteiger partial charge in [0, 0.05) is 0 Å². The zero-order valence-corrected chi connectivity index (χ0v) is 18.7. The molecular weight excluding hydrogens is 315 g/mol. The first-order valence-electron chi connectivity index (χ1n) is 8.54. The Balaban J connectivity index is 3.65. The van der Waals surface area contributed by atoms with Crippen molar-refractivity contribution in [3.8, 4) is 0 Å². The molecule has 1 aromatic rings. The van der Waals surface area contributed by atoms with Crippen molar-refractivity contribution in [1.29, 1.82) is 0 Å². The van der Waals surface area contributed by atoms with Gasteiger partial charge in [-0.1, -0.05) is 96.3 Å². The molecule has 0 unspecified atom stereocenters. The van der Waals surface area contributed by atoms with E-state index >= 15 is 0 Å². The Morgan fingerprint density at radius 3 is 1.22 bits per heavy atom. The van der Waals surface area contributed by atoms with Crippen LogP contribution in [0.1, 0.15) is 41.5 Å². The van der Waals surface area contributed by atoms with E-state index in [1.807, 2.05) is 12.1 Å². The van der Waals surface area contributed by atoms with Gasteiger partial charge in [-0.25, -0.2) is 0 Å². The second kappa shape index (κ2) is 6.17. The molecule has 1 aromatic carbocycles. The molecule has 0 fully saturated rings. The van der Waals surface area contributed by atoms with E-state index in [0.717, 1.165) is 0 Å². The maximum atomic E-state index is 9.80. The first kappa shape index (κ1) is 20.7.